The first kappa shape index (κ1) is 9.77. The van der Waals surface area contributed by atoms with Crippen LogP contribution in [0.1, 0.15) is 23.6 Å². The fraction of sp³-hybridized carbons (Fsp3) is 0.500. The molecule has 1 rings (SSSR count). The molecular formula is C8H13BO2S. The summed E-state index contributed by atoms with van der Waals surface area (Å²) in [5.41, 5.74) is 0.680. The van der Waals surface area contributed by atoms with Crippen LogP contribution in [0.3, 0.4) is 0 Å². The van der Waals surface area contributed by atoms with E-state index >= 15 is 0 Å². The maximum atomic E-state index is 9.01. The zero-order chi connectivity index (χ0) is 9.14. The van der Waals surface area contributed by atoms with E-state index in [9.17, 15) is 0 Å². The van der Waals surface area contributed by atoms with Crippen LogP contribution in [0.15, 0.2) is 6.07 Å². The second kappa shape index (κ2) is 4.07. The maximum absolute atomic E-state index is 9.01. The molecule has 0 spiro atoms. The summed E-state index contributed by atoms with van der Waals surface area (Å²) in [5.74, 6) is 0. The molecule has 0 aromatic carbocycles. The molecule has 66 valence electrons. The van der Waals surface area contributed by atoms with Crippen LogP contribution in [0.2, 0.25) is 0 Å². The third-order valence-corrected chi connectivity index (χ3v) is 3.28. The molecule has 0 amide bonds. The van der Waals surface area contributed by atoms with Gasteiger partial charge in [-0.05, 0) is 24.4 Å². The van der Waals surface area contributed by atoms with Gasteiger partial charge in [0.25, 0.3) is 0 Å². The lowest BCUT2D eigenvalue weighted by Crippen LogP contribution is -2.30. The van der Waals surface area contributed by atoms with E-state index in [1.807, 2.05) is 13.0 Å². The number of thiophene rings is 1. The van der Waals surface area contributed by atoms with Crippen molar-refractivity contribution in [3.63, 3.8) is 0 Å². The number of aryl methyl sites for hydroxylation is 2. The largest absolute Gasteiger partial charge is 0.489 e. The zero-order valence-corrected chi connectivity index (χ0v) is 8.19. The lowest BCUT2D eigenvalue weighted by molar-refractivity contribution is 0.425. The van der Waals surface area contributed by atoms with Crippen LogP contribution in [0.25, 0.3) is 0 Å². The minimum absolute atomic E-state index is 0.680. The molecule has 2 nitrogen and oxygen atoms in total. The van der Waals surface area contributed by atoms with Crippen molar-refractivity contribution in [2.75, 3.05) is 0 Å². The van der Waals surface area contributed by atoms with Crippen molar-refractivity contribution in [1.82, 2.24) is 0 Å². The molecule has 12 heavy (non-hydrogen) atoms. The number of hydrogen-bond acceptors (Lipinski definition) is 3. The molecule has 0 radical (unpaired) electrons. The van der Waals surface area contributed by atoms with Gasteiger partial charge in [0.2, 0.25) is 0 Å². The smallest absolute Gasteiger partial charge is 0.423 e. The van der Waals surface area contributed by atoms with Crippen molar-refractivity contribution in [2.45, 2.75) is 26.7 Å². The van der Waals surface area contributed by atoms with E-state index in [-0.39, 0.29) is 0 Å². The molecule has 0 unspecified atom stereocenters. The summed E-state index contributed by atoms with van der Waals surface area (Å²) >= 11 is 1.67. The first-order valence-electron chi connectivity index (χ1n) is 4.16. The van der Waals surface area contributed by atoms with E-state index in [0.717, 1.165) is 17.7 Å². The minimum Gasteiger partial charge on any atom is -0.423 e. The first-order valence-corrected chi connectivity index (χ1v) is 4.98. The second-order valence-electron chi connectivity index (χ2n) is 2.67. The summed E-state index contributed by atoms with van der Waals surface area (Å²) < 4.78 is 0. The molecule has 4 heteroatoms. The molecule has 1 aromatic rings. The Morgan fingerprint density at radius 2 is 2.00 bits per heavy atom. The molecule has 1 heterocycles. The van der Waals surface area contributed by atoms with Crippen molar-refractivity contribution in [1.29, 1.82) is 0 Å². The monoisotopic (exact) mass is 184 g/mol. The van der Waals surface area contributed by atoms with Crippen molar-refractivity contribution in [3.8, 4) is 0 Å². The summed E-state index contributed by atoms with van der Waals surface area (Å²) in [4.78, 5) is 2.30. The average Bonchev–Trinajstić information content (AvgIpc) is 2.47. The van der Waals surface area contributed by atoms with E-state index in [2.05, 4.69) is 6.92 Å². The van der Waals surface area contributed by atoms with Crippen LogP contribution in [-0.2, 0) is 12.8 Å². The predicted molar refractivity (Wildman–Crippen MR) is 52.9 cm³/mol. The molecule has 0 saturated carbocycles. The Bertz CT molecular complexity index is 258. The van der Waals surface area contributed by atoms with Gasteiger partial charge in [0.05, 0.1) is 0 Å². The molecule has 0 fully saturated rings. The predicted octanol–water partition coefficient (Wildman–Crippen LogP) is 0.553. The Morgan fingerprint density at radius 3 is 2.33 bits per heavy atom. The third kappa shape index (κ3) is 1.89. The fourth-order valence-corrected chi connectivity index (χ4v) is 2.24. The fourth-order valence-electron chi connectivity index (χ4n) is 1.17. The highest BCUT2D eigenvalue weighted by atomic mass is 32.1. The van der Waals surface area contributed by atoms with Gasteiger partial charge in [-0.2, -0.15) is 0 Å². The van der Waals surface area contributed by atoms with Crippen LogP contribution < -0.4 is 5.46 Å². The summed E-state index contributed by atoms with van der Waals surface area (Å²) in [6, 6.07) is 1.88. The van der Waals surface area contributed by atoms with Crippen LogP contribution >= 0.6 is 11.3 Å². The third-order valence-electron chi connectivity index (χ3n) is 1.84. The summed E-state index contributed by atoms with van der Waals surface area (Å²) in [6.07, 6.45) is 1.84. The van der Waals surface area contributed by atoms with Crippen molar-refractivity contribution in [3.05, 3.63) is 15.8 Å². The molecule has 0 bridgehead atoms. The average molecular weight is 184 g/mol. The molecule has 0 saturated heterocycles. The lowest BCUT2D eigenvalue weighted by Gasteiger charge is -1.96. The summed E-state index contributed by atoms with van der Waals surface area (Å²) in [5, 5.41) is 18.0. The van der Waals surface area contributed by atoms with Crippen LogP contribution in [0, 0.1) is 0 Å². The SMILES string of the molecule is CCc1cc(B(O)O)c(CC)s1. The summed E-state index contributed by atoms with van der Waals surface area (Å²) in [6.45, 7) is 4.09. The van der Waals surface area contributed by atoms with Crippen LogP contribution in [0.5, 0.6) is 0 Å². The lowest BCUT2D eigenvalue weighted by atomic mass is 9.80. The number of rotatable bonds is 3. The Morgan fingerprint density at radius 1 is 1.33 bits per heavy atom. The van der Waals surface area contributed by atoms with Gasteiger partial charge in [0, 0.05) is 9.75 Å². The summed E-state index contributed by atoms with van der Waals surface area (Å²) in [7, 11) is -1.31. The van der Waals surface area contributed by atoms with Gasteiger partial charge in [0.1, 0.15) is 0 Å². The van der Waals surface area contributed by atoms with Gasteiger partial charge in [-0.25, -0.2) is 0 Å². The van der Waals surface area contributed by atoms with Crippen LogP contribution in [-0.4, -0.2) is 17.2 Å². The van der Waals surface area contributed by atoms with E-state index in [1.54, 1.807) is 11.3 Å². The zero-order valence-electron chi connectivity index (χ0n) is 7.37. The molecule has 2 N–H and O–H groups in total. The highest BCUT2D eigenvalue weighted by Gasteiger charge is 2.17. The normalized spacial score (nSPS) is 10.3. The van der Waals surface area contributed by atoms with Gasteiger partial charge in [-0.15, -0.1) is 11.3 Å². The van der Waals surface area contributed by atoms with Crippen molar-refractivity contribution < 1.29 is 10.0 Å². The van der Waals surface area contributed by atoms with Gasteiger partial charge in [-0.3, -0.25) is 0 Å². The molecule has 0 atom stereocenters. The minimum atomic E-state index is -1.31. The Hall–Kier alpha value is -0.315. The van der Waals surface area contributed by atoms with E-state index in [4.69, 9.17) is 10.0 Å². The Labute approximate surface area is 77.0 Å². The second-order valence-corrected chi connectivity index (χ2v) is 3.89. The quantitative estimate of drug-likeness (QED) is 0.673. The molecule has 0 aliphatic carbocycles. The van der Waals surface area contributed by atoms with E-state index < -0.39 is 7.12 Å². The molecule has 1 aromatic heterocycles. The number of hydrogen-bond donors (Lipinski definition) is 2. The van der Waals surface area contributed by atoms with Gasteiger partial charge in [-0.1, -0.05) is 13.8 Å². The van der Waals surface area contributed by atoms with Gasteiger partial charge in [0.15, 0.2) is 0 Å². The molecule has 0 aliphatic rings. The van der Waals surface area contributed by atoms with E-state index in [0.29, 0.717) is 5.46 Å². The van der Waals surface area contributed by atoms with Crippen molar-refractivity contribution >= 4 is 23.9 Å². The molecular weight excluding hydrogens is 171 g/mol. The Kier molecular flexibility index (Phi) is 3.32. The van der Waals surface area contributed by atoms with E-state index in [1.165, 1.54) is 4.88 Å². The topological polar surface area (TPSA) is 40.5 Å². The highest BCUT2D eigenvalue weighted by molar-refractivity contribution is 7.13. The standard InChI is InChI=1S/C8H13BO2S/c1-3-6-5-7(9(10)11)8(4-2)12-6/h5,10-11H,3-4H2,1-2H3. The molecule has 0 aliphatic heterocycles. The van der Waals surface area contributed by atoms with Gasteiger partial charge >= 0.3 is 7.12 Å². The maximum Gasteiger partial charge on any atom is 0.489 e. The highest BCUT2D eigenvalue weighted by Crippen LogP contribution is 2.15. The van der Waals surface area contributed by atoms with Gasteiger partial charge < -0.3 is 10.0 Å². The van der Waals surface area contributed by atoms with Crippen LogP contribution in [0.4, 0.5) is 0 Å². The Balaban J connectivity index is 3.00. The van der Waals surface area contributed by atoms with Crippen molar-refractivity contribution in [2.24, 2.45) is 0 Å². The first-order chi connectivity index (χ1) is 5.69.